The first-order chi connectivity index (χ1) is 15.2. The molecular formula is C31H57N. The molecule has 0 radical (unpaired) electrons. The van der Waals surface area contributed by atoms with Crippen molar-refractivity contribution in [1.82, 2.24) is 0 Å². The van der Waals surface area contributed by atoms with Crippen molar-refractivity contribution in [1.29, 1.82) is 0 Å². The van der Waals surface area contributed by atoms with Crippen molar-refractivity contribution in [2.45, 2.75) is 145 Å². The van der Waals surface area contributed by atoms with E-state index < -0.39 is 0 Å². The first-order valence-electron chi connectivity index (χ1n) is 14.1. The summed E-state index contributed by atoms with van der Waals surface area (Å²) in [6, 6.07) is 2.43. The molecule has 0 unspecified atom stereocenters. The number of unbranched alkanes of at least 4 members (excludes halogenated alkanes) is 6. The fraction of sp³-hybridized carbons (Fsp3) is 0.806. The van der Waals surface area contributed by atoms with Gasteiger partial charge in [-0.3, -0.25) is 0 Å². The Morgan fingerprint density at radius 1 is 0.562 bits per heavy atom. The Labute approximate surface area is 202 Å². The molecule has 1 aromatic carbocycles. The predicted octanol–water partition coefficient (Wildman–Crippen LogP) is 9.85. The highest BCUT2D eigenvalue weighted by molar-refractivity contribution is 5.59. The first-order valence-corrected chi connectivity index (χ1v) is 14.1. The van der Waals surface area contributed by atoms with Crippen LogP contribution in [0.1, 0.15) is 141 Å². The van der Waals surface area contributed by atoms with Crippen LogP contribution in [-0.2, 0) is 19.3 Å². The number of rotatable bonds is 18. The minimum atomic E-state index is 0.822. The zero-order chi connectivity index (χ0) is 23.9. The highest BCUT2D eigenvalue weighted by Crippen LogP contribution is 2.30. The lowest BCUT2D eigenvalue weighted by atomic mass is 9.87. The van der Waals surface area contributed by atoms with Crippen LogP contribution in [0.15, 0.2) is 6.07 Å². The predicted molar refractivity (Wildman–Crippen MR) is 147 cm³/mol. The highest BCUT2D eigenvalue weighted by atomic mass is 14.6. The van der Waals surface area contributed by atoms with Crippen LogP contribution < -0.4 is 5.73 Å². The fourth-order valence-electron chi connectivity index (χ4n) is 4.95. The summed E-state index contributed by atoms with van der Waals surface area (Å²) in [7, 11) is 0. The summed E-state index contributed by atoms with van der Waals surface area (Å²) in [6.07, 6.45) is 19.8. The lowest BCUT2D eigenvalue weighted by Gasteiger charge is -2.20. The van der Waals surface area contributed by atoms with Gasteiger partial charge in [-0.25, -0.2) is 0 Å². The van der Waals surface area contributed by atoms with Crippen molar-refractivity contribution in [3.63, 3.8) is 0 Å². The van der Waals surface area contributed by atoms with Crippen LogP contribution in [0.3, 0.4) is 0 Å². The van der Waals surface area contributed by atoms with Crippen molar-refractivity contribution in [2.24, 2.45) is 17.8 Å². The lowest BCUT2D eigenvalue weighted by molar-refractivity contribution is 0.521. The maximum Gasteiger partial charge on any atom is 0.0379 e. The molecule has 1 heteroatoms. The van der Waals surface area contributed by atoms with Gasteiger partial charge < -0.3 is 5.73 Å². The molecule has 0 fully saturated rings. The SMILES string of the molecule is Cc1cc(CCCCCC(C)C)c(CCCCCC(C)C)c(CCCCCC(C)C)c1N. The minimum Gasteiger partial charge on any atom is -0.398 e. The van der Waals surface area contributed by atoms with E-state index in [4.69, 9.17) is 5.73 Å². The summed E-state index contributed by atoms with van der Waals surface area (Å²) >= 11 is 0. The van der Waals surface area contributed by atoms with E-state index >= 15 is 0 Å². The Bertz CT molecular complexity index is 611. The summed E-state index contributed by atoms with van der Waals surface area (Å²) in [5.41, 5.74) is 13.8. The number of aryl methyl sites for hydroxylation is 2. The van der Waals surface area contributed by atoms with Gasteiger partial charge in [0.15, 0.2) is 0 Å². The van der Waals surface area contributed by atoms with E-state index in [1.165, 1.54) is 107 Å². The molecule has 0 atom stereocenters. The van der Waals surface area contributed by atoms with Crippen molar-refractivity contribution in [3.8, 4) is 0 Å². The van der Waals surface area contributed by atoms with E-state index in [-0.39, 0.29) is 0 Å². The highest BCUT2D eigenvalue weighted by Gasteiger charge is 2.14. The number of benzene rings is 1. The molecule has 186 valence electrons. The van der Waals surface area contributed by atoms with Crippen LogP contribution >= 0.6 is 0 Å². The van der Waals surface area contributed by atoms with Crippen molar-refractivity contribution >= 4 is 5.69 Å². The monoisotopic (exact) mass is 443 g/mol. The number of nitrogens with two attached hydrogens (primary N) is 1. The molecule has 0 saturated carbocycles. The molecule has 1 nitrogen and oxygen atoms in total. The average Bonchev–Trinajstić information content (AvgIpc) is 2.71. The van der Waals surface area contributed by atoms with E-state index in [2.05, 4.69) is 54.5 Å². The molecule has 0 aromatic heterocycles. The third-order valence-corrected chi connectivity index (χ3v) is 7.04. The fourth-order valence-corrected chi connectivity index (χ4v) is 4.95. The molecule has 2 N–H and O–H groups in total. The molecule has 0 aliphatic rings. The topological polar surface area (TPSA) is 26.0 Å². The van der Waals surface area contributed by atoms with Crippen LogP contribution in [0.4, 0.5) is 5.69 Å². The van der Waals surface area contributed by atoms with Gasteiger partial charge in [0, 0.05) is 5.69 Å². The van der Waals surface area contributed by atoms with Gasteiger partial charge in [0.05, 0.1) is 0 Å². The summed E-state index contributed by atoms with van der Waals surface area (Å²) < 4.78 is 0. The Hall–Kier alpha value is -0.980. The van der Waals surface area contributed by atoms with Crippen molar-refractivity contribution in [2.75, 3.05) is 5.73 Å². The molecule has 0 spiro atoms. The largest absolute Gasteiger partial charge is 0.398 e. The molecule has 1 aromatic rings. The van der Waals surface area contributed by atoms with Crippen molar-refractivity contribution < 1.29 is 0 Å². The molecule has 0 amide bonds. The average molecular weight is 444 g/mol. The Balaban J connectivity index is 2.84. The molecule has 0 aliphatic heterocycles. The maximum absolute atomic E-state index is 6.70. The summed E-state index contributed by atoms with van der Waals surface area (Å²) in [5, 5.41) is 0. The van der Waals surface area contributed by atoms with E-state index in [9.17, 15) is 0 Å². The molecule has 0 bridgehead atoms. The van der Waals surface area contributed by atoms with Crippen LogP contribution in [0.2, 0.25) is 0 Å². The van der Waals surface area contributed by atoms with Gasteiger partial charge >= 0.3 is 0 Å². The second-order valence-electron chi connectivity index (χ2n) is 11.7. The number of anilines is 1. The number of nitrogen functional groups attached to an aromatic ring is 1. The van der Waals surface area contributed by atoms with E-state index in [0.717, 1.165) is 23.4 Å². The zero-order valence-electron chi connectivity index (χ0n) is 23.0. The van der Waals surface area contributed by atoms with Gasteiger partial charge in [0.25, 0.3) is 0 Å². The Kier molecular flexibility index (Phi) is 15.1. The smallest absolute Gasteiger partial charge is 0.0379 e. The van der Waals surface area contributed by atoms with Crippen LogP contribution in [0, 0.1) is 24.7 Å². The lowest BCUT2D eigenvalue weighted by Crippen LogP contribution is -2.08. The van der Waals surface area contributed by atoms with Gasteiger partial charge in [-0.1, -0.05) is 105 Å². The van der Waals surface area contributed by atoms with Crippen molar-refractivity contribution in [3.05, 3.63) is 28.3 Å². The van der Waals surface area contributed by atoms with Gasteiger partial charge in [0.1, 0.15) is 0 Å². The van der Waals surface area contributed by atoms with Gasteiger partial charge in [-0.05, 0) is 85.5 Å². The third kappa shape index (κ3) is 12.3. The maximum atomic E-state index is 6.70. The summed E-state index contributed by atoms with van der Waals surface area (Å²) in [5.74, 6) is 2.48. The van der Waals surface area contributed by atoms with Gasteiger partial charge in [-0.2, -0.15) is 0 Å². The minimum absolute atomic E-state index is 0.822. The molecular weight excluding hydrogens is 386 g/mol. The van der Waals surface area contributed by atoms with E-state index in [0.29, 0.717) is 0 Å². The van der Waals surface area contributed by atoms with Crippen LogP contribution in [0.25, 0.3) is 0 Å². The summed E-state index contributed by atoms with van der Waals surface area (Å²) in [6.45, 7) is 16.3. The number of hydrogen-bond donors (Lipinski definition) is 1. The second-order valence-corrected chi connectivity index (χ2v) is 11.7. The zero-order valence-corrected chi connectivity index (χ0v) is 23.0. The Morgan fingerprint density at radius 3 is 1.41 bits per heavy atom. The molecule has 1 rings (SSSR count). The second kappa shape index (κ2) is 16.6. The van der Waals surface area contributed by atoms with Crippen LogP contribution in [-0.4, -0.2) is 0 Å². The van der Waals surface area contributed by atoms with Crippen LogP contribution in [0.5, 0.6) is 0 Å². The molecule has 0 heterocycles. The third-order valence-electron chi connectivity index (χ3n) is 7.04. The molecule has 32 heavy (non-hydrogen) atoms. The number of hydrogen-bond acceptors (Lipinski definition) is 1. The normalized spacial score (nSPS) is 11.9. The summed E-state index contributed by atoms with van der Waals surface area (Å²) in [4.78, 5) is 0. The molecule has 0 saturated heterocycles. The quantitative estimate of drug-likeness (QED) is 0.177. The molecule has 0 aliphatic carbocycles. The van der Waals surface area contributed by atoms with E-state index in [1.54, 1.807) is 11.1 Å². The standard InChI is InChI=1S/C31H57N/c1-24(2)17-11-8-14-20-28-23-27(7)31(32)30(22-16-10-13-19-26(5)6)29(28)21-15-9-12-18-25(3)4/h23-26H,8-22,32H2,1-7H3. The first kappa shape index (κ1) is 29.1. The Morgan fingerprint density at radius 2 is 0.969 bits per heavy atom. The van der Waals surface area contributed by atoms with Gasteiger partial charge in [0.2, 0.25) is 0 Å². The van der Waals surface area contributed by atoms with E-state index in [1.807, 2.05) is 0 Å². The van der Waals surface area contributed by atoms with Gasteiger partial charge in [-0.15, -0.1) is 0 Å².